The average molecular weight is 285 g/mol. The molecular weight excluding hydrogens is 269 g/mol. The average Bonchev–Trinajstić information content (AvgIpc) is 2.40. The Kier molecular flexibility index (Phi) is 5.70. The zero-order valence-electron chi connectivity index (χ0n) is 11.0. The van der Waals surface area contributed by atoms with E-state index in [0.717, 1.165) is 6.07 Å². The minimum absolute atomic E-state index is 0.0168. The Bertz CT molecular complexity index is 520. The summed E-state index contributed by atoms with van der Waals surface area (Å²) in [6.45, 7) is 1.76. The molecule has 7 nitrogen and oxygen atoms in total. The summed E-state index contributed by atoms with van der Waals surface area (Å²) in [6, 6.07) is 2.15. The van der Waals surface area contributed by atoms with Crippen LogP contribution in [-0.2, 0) is 0 Å². The lowest BCUT2D eigenvalue weighted by atomic mass is 10.2. The van der Waals surface area contributed by atoms with Crippen molar-refractivity contribution in [1.29, 1.82) is 0 Å². The van der Waals surface area contributed by atoms with Gasteiger partial charge < -0.3 is 15.7 Å². The molecule has 0 spiro atoms. The number of unbranched alkanes of at least 4 members (excludes halogenated alkanes) is 1. The number of benzene rings is 1. The number of nitro groups is 1. The van der Waals surface area contributed by atoms with Crippen molar-refractivity contribution >= 4 is 11.5 Å². The highest BCUT2D eigenvalue weighted by molar-refractivity contribution is 5.79. The lowest BCUT2D eigenvalue weighted by Gasteiger charge is -2.08. The molecule has 0 aliphatic rings. The molecule has 8 heteroatoms. The van der Waals surface area contributed by atoms with E-state index in [1.165, 1.54) is 13.0 Å². The topological polar surface area (TPSA) is 111 Å². The number of nitrogens with two attached hydrogens (primary N) is 1. The van der Waals surface area contributed by atoms with Gasteiger partial charge in [0.05, 0.1) is 17.6 Å². The zero-order valence-corrected chi connectivity index (χ0v) is 11.0. The van der Waals surface area contributed by atoms with Crippen molar-refractivity contribution in [1.82, 2.24) is 0 Å². The number of ether oxygens (including phenoxy) is 1. The minimum atomic E-state index is -0.765. The first kappa shape index (κ1) is 15.7. The molecular formula is C12H16FN3O4. The molecule has 0 aliphatic carbocycles. The molecule has 3 N–H and O–H groups in total. The van der Waals surface area contributed by atoms with Gasteiger partial charge in [0.2, 0.25) is 0 Å². The maximum Gasteiger partial charge on any atom is 0.275 e. The van der Waals surface area contributed by atoms with Crippen molar-refractivity contribution in [3.8, 4) is 5.75 Å². The SMILES string of the molecule is Cc1cc(OCCCC/C(N)=N/O)c(F)cc1[N+](=O)[O-]. The molecule has 0 fully saturated rings. The van der Waals surface area contributed by atoms with Gasteiger partial charge in [-0.1, -0.05) is 5.16 Å². The number of amidine groups is 1. The van der Waals surface area contributed by atoms with Crippen LogP contribution in [0.5, 0.6) is 5.75 Å². The fraction of sp³-hybridized carbons (Fsp3) is 0.417. The summed E-state index contributed by atoms with van der Waals surface area (Å²) in [5, 5.41) is 21.8. The number of aryl methyl sites for hydroxylation is 1. The number of nitro benzene ring substituents is 1. The highest BCUT2D eigenvalue weighted by atomic mass is 19.1. The molecule has 0 saturated heterocycles. The quantitative estimate of drug-likeness (QED) is 0.199. The van der Waals surface area contributed by atoms with Crippen LogP contribution in [0.4, 0.5) is 10.1 Å². The van der Waals surface area contributed by atoms with E-state index in [9.17, 15) is 14.5 Å². The molecule has 1 aromatic carbocycles. The normalized spacial score (nSPS) is 11.4. The molecule has 20 heavy (non-hydrogen) atoms. The second-order valence-electron chi connectivity index (χ2n) is 4.22. The molecule has 0 heterocycles. The smallest absolute Gasteiger partial charge is 0.275 e. The summed E-state index contributed by atoms with van der Waals surface area (Å²) >= 11 is 0. The van der Waals surface area contributed by atoms with Crippen molar-refractivity contribution < 1.29 is 19.3 Å². The fourth-order valence-electron chi connectivity index (χ4n) is 1.59. The third-order valence-corrected chi connectivity index (χ3v) is 2.66. The molecule has 0 saturated carbocycles. The van der Waals surface area contributed by atoms with Crippen LogP contribution in [-0.4, -0.2) is 22.6 Å². The Labute approximate surface area is 115 Å². The Morgan fingerprint density at radius 2 is 2.25 bits per heavy atom. The molecule has 0 unspecified atom stereocenters. The molecule has 0 aromatic heterocycles. The van der Waals surface area contributed by atoms with Gasteiger partial charge in [0.25, 0.3) is 5.69 Å². The van der Waals surface area contributed by atoms with Crippen LogP contribution in [0.1, 0.15) is 24.8 Å². The van der Waals surface area contributed by atoms with Crippen molar-refractivity contribution in [2.75, 3.05) is 6.61 Å². The number of oxime groups is 1. The monoisotopic (exact) mass is 285 g/mol. The second-order valence-corrected chi connectivity index (χ2v) is 4.22. The standard InChI is InChI=1S/C12H16FN3O4/c1-8-6-11(9(13)7-10(8)16(18)19)20-5-3-2-4-12(14)15-17/h6-7,17H,2-5H2,1H3,(H2,14,15). The second kappa shape index (κ2) is 7.27. The van der Waals surface area contributed by atoms with E-state index in [4.69, 9.17) is 15.7 Å². The van der Waals surface area contributed by atoms with Crippen LogP contribution < -0.4 is 10.5 Å². The molecule has 0 amide bonds. The highest BCUT2D eigenvalue weighted by Crippen LogP contribution is 2.27. The van der Waals surface area contributed by atoms with Gasteiger partial charge in [0, 0.05) is 12.0 Å². The van der Waals surface area contributed by atoms with Crippen molar-refractivity contribution in [3.63, 3.8) is 0 Å². The van der Waals surface area contributed by atoms with Gasteiger partial charge in [-0.05, 0) is 25.8 Å². The van der Waals surface area contributed by atoms with Gasteiger partial charge in [-0.3, -0.25) is 10.1 Å². The summed E-state index contributed by atoms with van der Waals surface area (Å²) < 4.78 is 18.8. The molecule has 1 rings (SSSR count). The van der Waals surface area contributed by atoms with E-state index in [1.807, 2.05) is 0 Å². The van der Waals surface area contributed by atoms with Crippen LogP contribution in [0.2, 0.25) is 0 Å². The summed E-state index contributed by atoms with van der Waals surface area (Å²) in [6.07, 6.45) is 1.64. The summed E-state index contributed by atoms with van der Waals surface area (Å²) in [5.74, 6) is -0.655. The van der Waals surface area contributed by atoms with Crippen LogP contribution in [0.15, 0.2) is 17.3 Å². The Morgan fingerprint density at radius 3 is 2.85 bits per heavy atom. The van der Waals surface area contributed by atoms with Gasteiger partial charge in [-0.2, -0.15) is 0 Å². The lowest BCUT2D eigenvalue weighted by Crippen LogP contribution is -2.11. The predicted molar refractivity (Wildman–Crippen MR) is 70.5 cm³/mol. The molecule has 0 bridgehead atoms. The first-order valence-electron chi connectivity index (χ1n) is 5.99. The number of hydrogen-bond donors (Lipinski definition) is 2. The largest absolute Gasteiger partial charge is 0.491 e. The Balaban J connectivity index is 2.53. The van der Waals surface area contributed by atoms with Gasteiger partial charge >= 0.3 is 0 Å². The van der Waals surface area contributed by atoms with Gasteiger partial charge in [0.15, 0.2) is 11.6 Å². The molecule has 1 aromatic rings. The van der Waals surface area contributed by atoms with E-state index < -0.39 is 10.7 Å². The van der Waals surface area contributed by atoms with E-state index in [1.54, 1.807) is 0 Å². The van der Waals surface area contributed by atoms with E-state index in [0.29, 0.717) is 24.8 Å². The number of rotatable bonds is 7. The first-order valence-corrected chi connectivity index (χ1v) is 5.99. The molecule has 0 radical (unpaired) electrons. The maximum absolute atomic E-state index is 13.6. The zero-order chi connectivity index (χ0) is 15.1. The predicted octanol–water partition coefficient (Wildman–Crippen LogP) is 2.34. The highest BCUT2D eigenvalue weighted by Gasteiger charge is 2.16. The van der Waals surface area contributed by atoms with Crippen molar-refractivity contribution in [2.45, 2.75) is 26.2 Å². The lowest BCUT2D eigenvalue weighted by molar-refractivity contribution is -0.385. The summed E-state index contributed by atoms with van der Waals surface area (Å²) in [5.41, 5.74) is 5.35. The third kappa shape index (κ3) is 4.38. The van der Waals surface area contributed by atoms with Crippen LogP contribution in [0.3, 0.4) is 0 Å². The van der Waals surface area contributed by atoms with Gasteiger partial charge in [0.1, 0.15) is 5.84 Å². The Hall–Kier alpha value is -2.38. The van der Waals surface area contributed by atoms with Crippen LogP contribution in [0.25, 0.3) is 0 Å². The van der Waals surface area contributed by atoms with Crippen LogP contribution in [0, 0.1) is 22.9 Å². The van der Waals surface area contributed by atoms with Gasteiger partial charge in [-0.15, -0.1) is 0 Å². The number of hydrogen-bond acceptors (Lipinski definition) is 5. The van der Waals surface area contributed by atoms with E-state index in [2.05, 4.69) is 5.16 Å². The number of nitrogens with zero attached hydrogens (tertiary/aromatic N) is 2. The minimum Gasteiger partial charge on any atom is -0.491 e. The van der Waals surface area contributed by atoms with Crippen molar-refractivity contribution in [3.05, 3.63) is 33.6 Å². The maximum atomic E-state index is 13.6. The number of halogens is 1. The van der Waals surface area contributed by atoms with Gasteiger partial charge in [-0.25, -0.2) is 4.39 Å². The van der Waals surface area contributed by atoms with E-state index in [-0.39, 0.29) is 23.9 Å². The first-order chi connectivity index (χ1) is 9.45. The van der Waals surface area contributed by atoms with Crippen molar-refractivity contribution in [2.24, 2.45) is 10.9 Å². The molecule has 110 valence electrons. The molecule has 0 atom stereocenters. The third-order valence-electron chi connectivity index (χ3n) is 2.66. The summed E-state index contributed by atoms with van der Waals surface area (Å²) in [4.78, 5) is 9.99. The molecule has 0 aliphatic heterocycles. The van der Waals surface area contributed by atoms with Crippen LogP contribution >= 0.6 is 0 Å². The fourth-order valence-corrected chi connectivity index (χ4v) is 1.59. The summed E-state index contributed by atoms with van der Waals surface area (Å²) in [7, 11) is 0. The van der Waals surface area contributed by atoms with E-state index >= 15 is 0 Å². The Morgan fingerprint density at radius 1 is 1.55 bits per heavy atom.